The highest BCUT2D eigenvalue weighted by Gasteiger charge is 2.72. The molecule has 1 aromatic carbocycles. The quantitative estimate of drug-likeness (QED) is 0.219. The molecule has 45 heavy (non-hydrogen) atoms. The molecule has 3 aliphatic carbocycles. The second-order valence-electron chi connectivity index (χ2n) is 14.3. The predicted octanol–water partition coefficient (Wildman–Crippen LogP) is 5.89. The molecule has 0 bridgehead atoms. The number of benzene rings is 1. The van der Waals surface area contributed by atoms with Crippen LogP contribution >= 0.6 is 0 Å². The largest absolute Gasteiger partial charge is 0.508 e. The highest BCUT2D eigenvalue weighted by molar-refractivity contribution is 6.24. The Hall–Kier alpha value is -3.98. The first-order valence-corrected chi connectivity index (χ1v) is 15.5. The van der Waals surface area contributed by atoms with Gasteiger partial charge in [-0.1, -0.05) is 47.6 Å². The number of aromatic hydroxyl groups is 1. The van der Waals surface area contributed by atoms with Crippen molar-refractivity contribution in [2.45, 2.75) is 92.6 Å². The molecule has 0 radical (unpaired) electrons. The summed E-state index contributed by atoms with van der Waals surface area (Å²) in [4.78, 5) is 52.5. The van der Waals surface area contributed by atoms with Crippen molar-refractivity contribution >= 4 is 28.9 Å². The Labute approximate surface area is 262 Å². The van der Waals surface area contributed by atoms with Gasteiger partial charge in [0.2, 0.25) is 5.78 Å². The second-order valence-corrected chi connectivity index (χ2v) is 14.3. The third-order valence-electron chi connectivity index (χ3n) is 10.4. The fraction of sp³-hybridized carbons (Fsp3) is 0.500. The van der Waals surface area contributed by atoms with Crippen LogP contribution < -0.4 is 0 Å². The molecule has 0 saturated heterocycles. The van der Waals surface area contributed by atoms with Crippen molar-refractivity contribution in [1.82, 2.24) is 0 Å². The number of hydrogen-bond donors (Lipinski definition) is 4. The Morgan fingerprint density at radius 3 is 2.18 bits per heavy atom. The third-order valence-corrected chi connectivity index (χ3v) is 10.4. The normalized spacial score (nSPS) is 28.0. The van der Waals surface area contributed by atoms with Gasteiger partial charge in [-0.15, -0.1) is 0 Å². The molecule has 1 heterocycles. The van der Waals surface area contributed by atoms with Gasteiger partial charge in [-0.25, -0.2) is 0 Å². The molecule has 0 aliphatic heterocycles. The van der Waals surface area contributed by atoms with Gasteiger partial charge in [0.15, 0.2) is 28.7 Å². The van der Waals surface area contributed by atoms with Crippen LogP contribution in [0.4, 0.5) is 0 Å². The number of aliphatic hydroxyl groups is 3. The minimum atomic E-state index is -2.65. The van der Waals surface area contributed by atoms with Gasteiger partial charge in [0, 0.05) is 35.7 Å². The van der Waals surface area contributed by atoms with Crippen LogP contribution in [-0.2, 0) is 33.6 Å². The fourth-order valence-electron chi connectivity index (χ4n) is 8.54. The molecule has 240 valence electrons. The Bertz CT molecular complexity index is 1730. The number of aryl methyl sites for hydroxylation is 2. The van der Waals surface area contributed by atoms with Crippen molar-refractivity contribution in [3.8, 4) is 5.75 Å². The zero-order valence-electron chi connectivity index (χ0n) is 27.1. The van der Waals surface area contributed by atoms with Crippen LogP contribution in [0.3, 0.4) is 0 Å². The van der Waals surface area contributed by atoms with Crippen LogP contribution in [0.5, 0.6) is 5.75 Å². The van der Waals surface area contributed by atoms with E-state index in [1.807, 2.05) is 19.9 Å². The van der Waals surface area contributed by atoms with Crippen molar-refractivity contribution in [3.63, 3.8) is 0 Å². The van der Waals surface area contributed by atoms with Gasteiger partial charge in [0.1, 0.15) is 28.6 Å². The number of carbonyl (C=O) groups excluding carboxylic acids is 4. The molecule has 0 spiro atoms. The molecule has 4 N–H and O–H groups in total. The van der Waals surface area contributed by atoms with Crippen molar-refractivity contribution in [2.24, 2.45) is 22.7 Å². The zero-order valence-corrected chi connectivity index (χ0v) is 27.1. The minimum Gasteiger partial charge on any atom is -0.508 e. The lowest BCUT2D eigenvalue weighted by molar-refractivity contribution is -0.178. The minimum absolute atomic E-state index is 0.0273. The lowest BCUT2D eigenvalue weighted by Crippen LogP contribution is -2.69. The molecule has 9 heteroatoms. The number of carbonyl (C=O) groups is 4. The average Bonchev–Trinajstić information content (AvgIpc) is 3.39. The summed E-state index contributed by atoms with van der Waals surface area (Å²) < 4.78 is 5.62. The van der Waals surface area contributed by atoms with E-state index in [9.17, 15) is 39.6 Å². The molecule has 9 nitrogen and oxygen atoms in total. The molecule has 5 rings (SSSR count). The van der Waals surface area contributed by atoms with Gasteiger partial charge < -0.3 is 24.8 Å². The highest BCUT2D eigenvalue weighted by atomic mass is 16.4. The summed E-state index contributed by atoms with van der Waals surface area (Å²) in [6, 6.07) is 5.19. The van der Waals surface area contributed by atoms with Crippen molar-refractivity contribution in [1.29, 1.82) is 0 Å². The van der Waals surface area contributed by atoms with Crippen LogP contribution in [0.2, 0.25) is 0 Å². The maximum atomic E-state index is 14.6. The Morgan fingerprint density at radius 2 is 1.64 bits per heavy atom. The number of allylic oxidation sites excluding steroid dienone is 1. The van der Waals surface area contributed by atoms with Gasteiger partial charge in [-0.05, 0) is 66.8 Å². The first-order chi connectivity index (χ1) is 20.8. The van der Waals surface area contributed by atoms with E-state index in [1.54, 1.807) is 39.8 Å². The standard InChI is InChI=1S/C36H42O9/c1-16(2)22-13-20(9-10-21-11-12-24(45-21)18(5)37)29(39)26-23(22)14-34(7)15-35(8)27(17(3)4)30(40)25(19(6)38)32(42)36(35,44)33(43)28(34)31(26)41/h11-13,16-17,27,39,41-42,44H,9-10,14-15H2,1-8H3/t27?,34-,35-,36+/m1/s1. The summed E-state index contributed by atoms with van der Waals surface area (Å²) in [5.74, 6) is -4.84. The van der Waals surface area contributed by atoms with E-state index < -0.39 is 56.8 Å². The van der Waals surface area contributed by atoms with Crippen LogP contribution in [0.15, 0.2) is 39.5 Å². The topological polar surface area (TPSA) is 162 Å². The van der Waals surface area contributed by atoms with Crippen molar-refractivity contribution in [2.75, 3.05) is 0 Å². The molecule has 1 unspecified atom stereocenters. The third kappa shape index (κ3) is 4.45. The summed E-state index contributed by atoms with van der Waals surface area (Å²) in [6.45, 7) is 13.5. The maximum Gasteiger partial charge on any atom is 0.203 e. The molecule has 0 amide bonds. The Morgan fingerprint density at radius 1 is 1.00 bits per heavy atom. The number of aliphatic hydroxyl groups excluding tert-OH is 2. The number of ketones is 4. The molecule has 3 aliphatic rings. The Balaban J connectivity index is 1.72. The lowest BCUT2D eigenvalue weighted by atomic mass is 9.43. The van der Waals surface area contributed by atoms with Crippen LogP contribution in [0.25, 0.3) is 5.76 Å². The molecule has 1 fully saturated rings. The summed E-state index contributed by atoms with van der Waals surface area (Å²) >= 11 is 0. The molecule has 2 aromatic rings. The van der Waals surface area contributed by atoms with Gasteiger partial charge in [-0.2, -0.15) is 0 Å². The number of furan rings is 1. The number of rotatable bonds is 7. The monoisotopic (exact) mass is 618 g/mol. The van der Waals surface area contributed by atoms with Crippen molar-refractivity contribution < 1.29 is 44.0 Å². The molecule has 1 aromatic heterocycles. The number of fused-ring (bicyclic) bond motifs is 3. The van der Waals surface area contributed by atoms with Gasteiger partial charge in [0.05, 0.1) is 5.56 Å². The number of phenols is 1. The first kappa shape index (κ1) is 32.4. The smallest absolute Gasteiger partial charge is 0.203 e. The molecule has 1 saturated carbocycles. The molecule has 4 atom stereocenters. The highest BCUT2D eigenvalue weighted by Crippen LogP contribution is 2.65. The SMILES string of the molecule is CC(=O)C1=C(O)[C@]2(O)C(=O)C3=C(O)c4c(O)c(CCc5ccc(C(C)=O)o5)cc(C(C)C)c4C[C@]3(C)C[C@]2(C)C(C(C)C)C1=O. The van der Waals surface area contributed by atoms with E-state index in [-0.39, 0.29) is 53.1 Å². The number of phenolic OH excluding ortho intramolecular Hbond substituents is 1. The Kier molecular flexibility index (Phi) is 7.59. The van der Waals surface area contributed by atoms with Gasteiger partial charge >= 0.3 is 0 Å². The lowest BCUT2D eigenvalue weighted by Gasteiger charge is -2.60. The van der Waals surface area contributed by atoms with E-state index in [4.69, 9.17) is 4.42 Å². The summed E-state index contributed by atoms with van der Waals surface area (Å²) in [5.41, 5.74) is -3.85. The van der Waals surface area contributed by atoms with E-state index >= 15 is 0 Å². The molecular weight excluding hydrogens is 576 g/mol. The fourth-order valence-corrected chi connectivity index (χ4v) is 8.54. The molecular formula is C36H42O9. The van der Waals surface area contributed by atoms with E-state index in [1.165, 1.54) is 6.92 Å². The zero-order chi connectivity index (χ0) is 33.5. The van der Waals surface area contributed by atoms with Crippen LogP contribution in [0, 0.1) is 22.7 Å². The van der Waals surface area contributed by atoms with Gasteiger partial charge in [-0.3, -0.25) is 19.2 Å². The summed E-state index contributed by atoms with van der Waals surface area (Å²) in [7, 11) is 0. The summed E-state index contributed by atoms with van der Waals surface area (Å²) in [5, 5.41) is 47.2. The first-order valence-electron chi connectivity index (χ1n) is 15.5. The van der Waals surface area contributed by atoms with Crippen molar-refractivity contribution in [3.05, 3.63) is 68.9 Å². The number of hydrogen-bond acceptors (Lipinski definition) is 9. The van der Waals surface area contributed by atoms with Crippen LogP contribution in [0.1, 0.15) is 106 Å². The second kappa shape index (κ2) is 10.5. The summed E-state index contributed by atoms with van der Waals surface area (Å²) in [6.07, 6.45) is 0.940. The van der Waals surface area contributed by atoms with Crippen LogP contribution in [-0.4, -0.2) is 49.2 Å². The predicted molar refractivity (Wildman–Crippen MR) is 166 cm³/mol. The van der Waals surface area contributed by atoms with E-state index in [0.29, 0.717) is 29.7 Å². The maximum absolute atomic E-state index is 14.6. The number of Topliss-reactive ketones (excluding diaryl/α,β-unsaturated/α-hetero) is 4. The van der Waals surface area contributed by atoms with E-state index in [0.717, 1.165) is 12.5 Å². The van der Waals surface area contributed by atoms with Gasteiger partial charge in [0.25, 0.3) is 0 Å². The average molecular weight is 619 g/mol. The van der Waals surface area contributed by atoms with E-state index in [2.05, 4.69) is 0 Å².